The maximum absolute atomic E-state index is 15.3. The molecule has 0 spiro atoms. The van der Waals surface area contributed by atoms with Crippen LogP contribution in [0.3, 0.4) is 0 Å². The minimum absolute atomic E-state index is 0.105. The molecular formula is C29H32F2N4O3S. The van der Waals surface area contributed by atoms with Gasteiger partial charge >= 0.3 is 6.03 Å². The number of nitrogens with zero attached hydrogens (tertiary/aromatic N) is 4. The summed E-state index contributed by atoms with van der Waals surface area (Å²) in [4.78, 5) is 21.5. The molecule has 2 aromatic carbocycles. The predicted molar refractivity (Wildman–Crippen MR) is 148 cm³/mol. The summed E-state index contributed by atoms with van der Waals surface area (Å²) in [5.74, 6) is -1.32. The number of carbonyl (C=O) groups is 1. The second kappa shape index (κ2) is 11.3. The Bertz CT molecular complexity index is 1450. The largest absolute Gasteiger partial charge is 0.330 e. The Balaban J connectivity index is 1.47. The van der Waals surface area contributed by atoms with Crippen molar-refractivity contribution in [3.63, 3.8) is 0 Å². The van der Waals surface area contributed by atoms with Crippen molar-refractivity contribution in [3.8, 4) is 0 Å². The zero-order chi connectivity index (χ0) is 27.6. The Morgan fingerprint density at radius 1 is 1.15 bits per heavy atom. The van der Waals surface area contributed by atoms with Gasteiger partial charge in [0.25, 0.3) is 0 Å². The molecule has 2 aliphatic heterocycles. The van der Waals surface area contributed by atoms with E-state index >= 15 is 4.39 Å². The molecule has 0 radical (unpaired) electrons. The predicted octanol–water partition coefficient (Wildman–Crippen LogP) is 4.65. The van der Waals surface area contributed by atoms with Crippen LogP contribution in [0.25, 0.3) is 0 Å². The Morgan fingerprint density at radius 3 is 2.62 bits per heavy atom. The van der Waals surface area contributed by atoms with Crippen LogP contribution < -0.4 is 4.31 Å². The van der Waals surface area contributed by atoms with Crippen molar-refractivity contribution in [3.05, 3.63) is 89.8 Å². The van der Waals surface area contributed by atoms with Crippen LogP contribution in [-0.2, 0) is 20.9 Å². The van der Waals surface area contributed by atoms with Crippen LogP contribution in [0.2, 0.25) is 0 Å². The third kappa shape index (κ3) is 5.77. The fraction of sp³-hybridized carbons (Fsp3) is 0.345. The van der Waals surface area contributed by atoms with E-state index in [1.54, 1.807) is 35.2 Å². The topological polar surface area (TPSA) is 69.3 Å². The van der Waals surface area contributed by atoms with E-state index in [-0.39, 0.29) is 24.9 Å². The standard InChI is InChI=1S/C29H32F2N4O3S/c1-21-8-11-25(12-9-21)39(37,28-20-38-28)35(27-18-22(30)10-13-26(27)31)24-7-5-16-34(19-24)29(36)33(2)17-14-23-6-3-4-15-32-23/h3-4,6,8-13,15,18,24H,5,7,14,16-17,19-20H2,1-2H3. The van der Waals surface area contributed by atoms with Crippen molar-refractivity contribution in [2.75, 3.05) is 37.6 Å². The van der Waals surface area contributed by atoms with Crippen LogP contribution in [0.4, 0.5) is 19.3 Å². The van der Waals surface area contributed by atoms with Gasteiger partial charge < -0.3 is 14.5 Å². The molecule has 3 aromatic rings. The minimum Gasteiger partial charge on any atom is -0.330 e. The van der Waals surface area contributed by atoms with Gasteiger partial charge in [-0.25, -0.2) is 17.8 Å². The molecule has 0 N–H and O–H groups in total. The van der Waals surface area contributed by atoms with Gasteiger partial charge in [0.15, 0.2) is 5.05 Å². The first-order valence-corrected chi connectivity index (χ1v) is 14.5. The molecule has 0 bridgehead atoms. The number of hydrogen-bond acceptors (Lipinski definition) is 4. The average Bonchev–Trinajstić information content (AvgIpc) is 3.81. The third-order valence-corrected chi connectivity index (χ3v) is 9.90. The SMILES string of the molecule is Cc1ccc(S(=O)(=C2CO2)N(c2cc(F)ccc2F)C2CCCN(C(=O)N(C)CCc3ccccn3)C2)cc1. The molecule has 3 heterocycles. The van der Waals surface area contributed by atoms with E-state index < -0.39 is 27.4 Å². The molecule has 5 rings (SSSR count). The number of urea groups is 1. The number of aryl methyl sites for hydroxylation is 1. The van der Waals surface area contributed by atoms with Gasteiger partial charge in [0.2, 0.25) is 0 Å². The number of pyridine rings is 1. The van der Waals surface area contributed by atoms with E-state index in [2.05, 4.69) is 4.98 Å². The number of ether oxygens (including phenoxy) is 1. The van der Waals surface area contributed by atoms with Gasteiger partial charge in [0.1, 0.15) is 27.9 Å². The van der Waals surface area contributed by atoms with Crippen molar-refractivity contribution >= 4 is 26.5 Å². The molecule has 2 aliphatic rings. The van der Waals surface area contributed by atoms with Crippen molar-refractivity contribution in [2.45, 2.75) is 37.1 Å². The van der Waals surface area contributed by atoms with Gasteiger partial charge in [0.05, 0.1) is 16.6 Å². The molecule has 1 aromatic heterocycles. The first kappa shape index (κ1) is 27.1. The van der Waals surface area contributed by atoms with Crippen LogP contribution in [-0.4, -0.2) is 69.4 Å². The number of likely N-dealkylation sites (N-methyl/N-ethyl adjacent to an activating group) is 1. The van der Waals surface area contributed by atoms with Gasteiger partial charge in [-0.3, -0.25) is 9.29 Å². The summed E-state index contributed by atoms with van der Waals surface area (Å²) in [7, 11) is -1.54. The molecule has 206 valence electrons. The van der Waals surface area contributed by atoms with Gasteiger partial charge in [-0.15, -0.1) is 0 Å². The maximum atomic E-state index is 15.3. The lowest BCUT2D eigenvalue weighted by Gasteiger charge is -2.42. The Labute approximate surface area is 228 Å². The molecule has 0 saturated carbocycles. The van der Waals surface area contributed by atoms with Crippen molar-refractivity contribution in [2.24, 2.45) is 0 Å². The highest BCUT2D eigenvalue weighted by molar-refractivity contribution is 8.03. The highest BCUT2D eigenvalue weighted by atomic mass is 32.2. The van der Waals surface area contributed by atoms with Gasteiger partial charge in [0, 0.05) is 51.1 Å². The third-order valence-electron chi connectivity index (χ3n) is 7.09. The molecule has 7 nitrogen and oxygen atoms in total. The second-order valence-electron chi connectivity index (χ2n) is 9.94. The summed E-state index contributed by atoms with van der Waals surface area (Å²) in [6.07, 6.45) is 3.50. The normalized spacial score (nSPS) is 18.4. The van der Waals surface area contributed by atoms with E-state index in [0.29, 0.717) is 42.3 Å². The highest BCUT2D eigenvalue weighted by Crippen LogP contribution is 2.35. The van der Waals surface area contributed by atoms with Gasteiger partial charge in [-0.1, -0.05) is 23.8 Å². The molecule has 2 unspecified atom stereocenters. The van der Waals surface area contributed by atoms with E-state index in [1.807, 2.05) is 37.3 Å². The quantitative estimate of drug-likeness (QED) is 0.315. The van der Waals surface area contributed by atoms with Crippen molar-refractivity contribution < 1.29 is 22.5 Å². The first-order valence-electron chi connectivity index (χ1n) is 13.0. The maximum Gasteiger partial charge on any atom is 0.319 e. The number of rotatable bonds is 7. The number of amides is 2. The number of benzene rings is 2. The molecule has 2 amide bonds. The molecular weight excluding hydrogens is 522 g/mol. The molecule has 10 heteroatoms. The number of piperidine rings is 1. The average molecular weight is 555 g/mol. The number of carbonyl (C=O) groups excluding carboxylic acids is 1. The molecule has 0 aliphatic carbocycles. The van der Waals surface area contributed by atoms with Crippen LogP contribution in [0.15, 0.2) is 71.8 Å². The lowest BCUT2D eigenvalue weighted by molar-refractivity contribution is 0.148. The summed E-state index contributed by atoms with van der Waals surface area (Å²) in [5.41, 5.74) is 1.76. The van der Waals surface area contributed by atoms with Crippen LogP contribution >= 0.6 is 0 Å². The van der Waals surface area contributed by atoms with Crippen molar-refractivity contribution in [1.82, 2.24) is 14.8 Å². The van der Waals surface area contributed by atoms with Crippen LogP contribution in [0.5, 0.6) is 0 Å². The number of epoxide rings is 1. The Morgan fingerprint density at radius 2 is 1.92 bits per heavy atom. The number of likely N-dealkylation sites (tertiary alicyclic amines) is 1. The number of hydrogen-bond donors (Lipinski definition) is 0. The van der Waals surface area contributed by atoms with E-state index in [9.17, 15) is 13.4 Å². The number of aromatic nitrogens is 1. The lowest BCUT2D eigenvalue weighted by Crippen LogP contribution is -2.55. The zero-order valence-corrected chi connectivity index (χ0v) is 22.9. The minimum atomic E-state index is -3.28. The van der Waals surface area contributed by atoms with Gasteiger partial charge in [-0.2, -0.15) is 0 Å². The summed E-state index contributed by atoms with van der Waals surface area (Å²) >= 11 is 0. The summed E-state index contributed by atoms with van der Waals surface area (Å²) in [6, 6.07) is 15.3. The lowest BCUT2D eigenvalue weighted by atomic mass is 10.1. The molecule has 2 saturated heterocycles. The highest BCUT2D eigenvalue weighted by Gasteiger charge is 2.40. The van der Waals surface area contributed by atoms with E-state index in [4.69, 9.17) is 4.74 Å². The molecule has 2 fully saturated rings. The summed E-state index contributed by atoms with van der Waals surface area (Å²) < 4.78 is 51.7. The monoisotopic (exact) mass is 554 g/mol. The first-order chi connectivity index (χ1) is 18.8. The fourth-order valence-corrected chi connectivity index (χ4v) is 7.55. The molecule has 39 heavy (non-hydrogen) atoms. The zero-order valence-electron chi connectivity index (χ0n) is 22.1. The Kier molecular flexibility index (Phi) is 7.86. The fourth-order valence-electron chi connectivity index (χ4n) is 4.95. The summed E-state index contributed by atoms with van der Waals surface area (Å²) in [5, 5.41) is 0.325. The number of anilines is 1. The second-order valence-corrected chi connectivity index (χ2v) is 12.3. The summed E-state index contributed by atoms with van der Waals surface area (Å²) in [6.45, 7) is 3.29. The van der Waals surface area contributed by atoms with Crippen LogP contribution in [0, 0.1) is 18.6 Å². The smallest absolute Gasteiger partial charge is 0.319 e. The Hall–Kier alpha value is -3.50. The van der Waals surface area contributed by atoms with Gasteiger partial charge in [-0.05, 0) is 56.2 Å². The van der Waals surface area contributed by atoms with Crippen LogP contribution in [0.1, 0.15) is 24.1 Å². The van der Waals surface area contributed by atoms with E-state index in [0.717, 1.165) is 29.5 Å². The molecule has 2 atom stereocenters. The van der Waals surface area contributed by atoms with E-state index in [1.165, 1.54) is 4.31 Å². The number of halogens is 2. The van der Waals surface area contributed by atoms with Crippen molar-refractivity contribution in [1.29, 1.82) is 0 Å².